The number of amides is 1. The lowest BCUT2D eigenvalue weighted by atomic mass is 10.0. The van der Waals surface area contributed by atoms with E-state index in [1.165, 1.54) is 30.3 Å². The number of aromatic nitrogens is 1. The van der Waals surface area contributed by atoms with Gasteiger partial charge in [-0.2, -0.15) is 13.2 Å². The topological polar surface area (TPSA) is 111 Å². The molecule has 0 atom stereocenters. The van der Waals surface area contributed by atoms with Crippen LogP contribution in [0.15, 0.2) is 65.7 Å². The molecule has 3 rings (SSSR count). The van der Waals surface area contributed by atoms with E-state index in [-0.39, 0.29) is 22.9 Å². The van der Waals surface area contributed by atoms with Crippen molar-refractivity contribution in [3.63, 3.8) is 0 Å². The minimum absolute atomic E-state index is 0.0954. The fourth-order valence-electron chi connectivity index (χ4n) is 2.75. The van der Waals surface area contributed by atoms with Crippen molar-refractivity contribution < 1.29 is 31.1 Å². The molecule has 0 unspecified atom stereocenters. The molecule has 3 aromatic rings. The van der Waals surface area contributed by atoms with Crippen molar-refractivity contribution in [2.45, 2.75) is 17.5 Å². The molecule has 12 heteroatoms. The summed E-state index contributed by atoms with van der Waals surface area (Å²) in [6.45, 7) is 0. The number of rotatable bonds is 6. The maximum atomic E-state index is 13.1. The average molecular weight is 486 g/mol. The number of carbonyl (C=O) groups is 1. The van der Waals surface area contributed by atoms with Crippen molar-refractivity contribution in [1.29, 1.82) is 0 Å². The number of hydrogen-bond acceptors (Lipinski definition) is 5. The smallest absolute Gasteiger partial charge is 0.416 e. The van der Waals surface area contributed by atoms with E-state index in [2.05, 4.69) is 10.3 Å². The van der Waals surface area contributed by atoms with Gasteiger partial charge in [-0.3, -0.25) is 4.79 Å². The Hall–Kier alpha value is -3.15. The van der Waals surface area contributed by atoms with Crippen molar-refractivity contribution in [1.82, 2.24) is 4.98 Å². The van der Waals surface area contributed by atoms with Crippen LogP contribution in [0.2, 0.25) is 5.02 Å². The zero-order chi connectivity index (χ0) is 23.5. The number of alkyl halides is 3. The first-order chi connectivity index (χ1) is 14.9. The zero-order valence-electron chi connectivity index (χ0n) is 16.1. The number of hydrogen-bond donors (Lipinski definition) is 2. The first kappa shape index (κ1) is 23.5. The van der Waals surface area contributed by atoms with Crippen molar-refractivity contribution >= 4 is 33.2 Å². The van der Waals surface area contributed by atoms with Gasteiger partial charge in [-0.15, -0.1) is 0 Å². The number of ether oxygens (including phenoxy) is 1. The van der Waals surface area contributed by atoms with Crippen LogP contribution in [0.1, 0.15) is 11.1 Å². The van der Waals surface area contributed by atoms with Crippen molar-refractivity contribution in [2.24, 2.45) is 5.14 Å². The van der Waals surface area contributed by atoms with E-state index < -0.39 is 39.0 Å². The third-order valence-corrected chi connectivity index (χ3v) is 5.23. The summed E-state index contributed by atoms with van der Waals surface area (Å²) in [5, 5.41) is 7.87. The summed E-state index contributed by atoms with van der Waals surface area (Å²) in [7, 11) is -4.33. The molecule has 1 aromatic heterocycles. The van der Waals surface area contributed by atoms with Crippen LogP contribution in [0, 0.1) is 0 Å². The number of nitrogens with zero attached hydrogens (tertiary/aromatic N) is 1. The highest BCUT2D eigenvalue weighted by molar-refractivity contribution is 7.89. The summed E-state index contributed by atoms with van der Waals surface area (Å²) < 4.78 is 68.8. The van der Waals surface area contributed by atoms with Gasteiger partial charge in [-0.25, -0.2) is 18.5 Å². The molecule has 0 aliphatic rings. The summed E-state index contributed by atoms with van der Waals surface area (Å²) in [6, 6.07) is 11.7. The summed E-state index contributed by atoms with van der Waals surface area (Å²) in [6.07, 6.45) is -4.14. The highest BCUT2D eigenvalue weighted by atomic mass is 35.5. The summed E-state index contributed by atoms with van der Waals surface area (Å²) in [5.41, 5.74) is -1.27. The van der Waals surface area contributed by atoms with Crippen molar-refractivity contribution in [3.8, 4) is 11.6 Å². The van der Waals surface area contributed by atoms with Gasteiger partial charge in [0, 0.05) is 5.02 Å². The average Bonchev–Trinajstić information content (AvgIpc) is 2.68. The Balaban J connectivity index is 1.84. The van der Waals surface area contributed by atoms with Gasteiger partial charge in [0.15, 0.2) is 0 Å². The van der Waals surface area contributed by atoms with E-state index >= 15 is 0 Å². The largest absolute Gasteiger partial charge is 0.438 e. The normalized spacial score (nSPS) is 11.8. The highest BCUT2D eigenvalue weighted by Gasteiger charge is 2.33. The number of benzene rings is 2. The second-order valence-corrected chi connectivity index (χ2v) is 8.48. The Morgan fingerprint density at radius 1 is 1.12 bits per heavy atom. The van der Waals surface area contributed by atoms with Crippen LogP contribution in [0.25, 0.3) is 0 Å². The van der Waals surface area contributed by atoms with Crippen molar-refractivity contribution in [2.75, 3.05) is 5.32 Å². The van der Waals surface area contributed by atoms with Crippen LogP contribution in [-0.4, -0.2) is 19.3 Å². The van der Waals surface area contributed by atoms with Gasteiger partial charge < -0.3 is 10.1 Å². The molecular weight excluding hydrogens is 471 g/mol. The molecule has 0 saturated carbocycles. The zero-order valence-corrected chi connectivity index (χ0v) is 17.6. The molecule has 0 aliphatic heterocycles. The third kappa shape index (κ3) is 5.96. The lowest BCUT2D eigenvalue weighted by molar-refractivity contribution is -0.138. The number of anilines is 1. The molecule has 32 heavy (non-hydrogen) atoms. The molecule has 0 fully saturated rings. The second-order valence-electron chi connectivity index (χ2n) is 6.51. The van der Waals surface area contributed by atoms with Gasteiger partial charge in [0.1, 0.15) is 10.6 Å². The molecule has 168 valence electrons. The van der Waals surface area contributed by atoms with Crippen LogP contribution >= 0.6 is 11.6 Å². The fraction of sp³-hybridized carbons (Fsp3) is 0.100. The third-order valence-electron chi connectivity index (χ3n) is 4.09. The second kappa shape index (κ2) is 9.15. The number of sulfonamides is 1. The molecular formula is C20H15ClF3N3O4S. The van der Waals surface area contributed by atoms with Gasteiger partial charge in [0.25, 0.3) is 0 Å². The lowest BCUT2D eigenvalue weighted by Gasteiger charge is -2.13. The molecule has 0 saturated heterocycles. The van der Waals surface area contributed by atoms with E-state index in [4.69, 9.17) is 21.5 Å². The molecule has 1 amide bonds. The van der Waals surface area contributed by atoms with E-state index in [9.17, 15) is 26.4 Å². The molecule has 3 N–H and O–H groups in total. The van der Waals surface area contributed by atoms with Crippen LogP contribution in [0.3, 0.4) is 0 Å². The Kier molecular flexibility index (Phi) is 6.72. The van der Waals surface area contributed by atoms with Gasteiger partial charge in [0.2, 0.25) is 21.8 Å². The molecule has 0 spiro atoms. The maximum Gasteiger partial charge on any atom is 0.416 e. The molecule has 0 bridgehead atoms. The van der Waals surface area contributed by atoms with Gasteiger partial charge in [-0.05, 0) is 35.9 Å². The van der Waals surface area contributed by atoms with E-state index in [1.54, 1.807) is 12.1 Å². The number of carbonyl (C=O) groups excluding carboxylic acids is 1. The van der Waals surface area contributed by atoms with Crippen LogP contribution in [-0.2, 0) is 27.4 Å². The number of nitrogens with two attached hydrogens (primary N) is 1. The SMILES string of the molecule is NS(=O)(=O)c1cc(NC(=O)Cc2ccccc2C(F)(F)F)cnc1Oc1cccc(Cl)c1. The van der Waals surface area contributed by atoms with E-state index in [0.29, 0.717) is 5.02 Å². The first-order valence-corrected chi connectivity index (χ1v) is 10.8. The molecule has 1 heterocycles. The standard InChI is InChI=1S/C20H15ClF3N3O4S/c21-13-5-3-6-15(9-13)31-19-17(32(25,29)30)10-14(11-26-19)27-18(28)8-12-4-1-2-7-16(12)20(22,23)24/h1-7,9-11H,8H2,(H,27,28)(H2,25,29,30). The number of pyridine rings is 1. The lowest BCUT2D eigenvalue weighted by Crippen LogP contribution is -2.19. The highest BCUT2D eigenvalue weighted by Crippen LogP contribution is 2.32. The predicted molar refractivity (Wildman–Crippen MR) is 111 cm³/mol. The van der Waals surface area contributed by atoms with Gasteiger partial charge >= 0.3 is 6.18 Å². The van der Waals surface area contributed by atoms with Gasteiger partial charge in [-0.1, -0.05) is 35.9 Å². The Morgan fingerprint density at radius 3 is 2.50 bits per heavy atom. The molecule has 7 nitrogen and oxygen atoms in total. The Labute approximate surface area is 186 Å². The molecule has 2 aromatic carbocycles. The fourth-order valence-corrected chi connectivity index (χ4v) is 3.56. The van der Waals surface area contributed by atoms with E-state index in [0.717, 1.165) is 18.3 Å². The first-order valence-electron chi connectivity index (χ1n) is 8.85. The Morgan fingerprint density at radius 2 is 1.84 bits per heavy atom. The number of halogens is 4. The van der Waals surface area contributed by atoms with E-state index in [1.807, 2.05) is 0 Å². The van der Waals surface area contributed by atoms with Crippen LogP contribution in [0.5, 0.6) is 11.6 Å². The quantitative estimate of drug-likeness (QED) is 0.538. The summed E-state index contributed by atoms with van der Waals surface area (Å²) in [4.78, 5) is 15.6. The number of nitrogens with one attached hydrogen (secondary N) is 1. The van der Waals surface area contributed by atoms with Crippen LogP contribution in [0.4, 0.5) is 18.9 Å². The molecule has 0 radical (unpaired) electrons. The number of primary sulfonamides is 1. The summed E-state index contributed by atoms with van der Waals surface area (Å²) >= 11 is 5.87. The maximum absolute atomic E-state index is 13.1. The minimum Gasteiger partial charge on any atom is -0.438 e. The minimum atomic E-state index is -4.63. The van der Waals surface area contributed by atoms with Gasteiger partial charge in [0.05, 0.1) is 23.9 Å². The predicted octanol–water partition coefficient (Wildman–Crippen LogP) is 4.37. The summed E-state index contributed by atoms with van der Waals surface area (Å²) in [5.74, 6) is -0.988. The van der Waals surface area contributed by atoms with Crippen LogP contribution < -0.4 is 15.2 Å². The Bertz CT molecular complexity index is 1270. The monoisotopic (exact) mass is 485 g/mol. The van der Waals surface area contributed by atoms with Crippen molar-refractivity contribution in [3.05, 3.63) is 76.9 Å². The molecule has 0 aliphatic carbocycles.